The zero-order chi connectivity index (χ0) is 14.8. The molecule has 3 rings (SSSR count). The topological polar surface area (TPSA) is 29.9 Å². The predicted octanol–water partition coefficient (Wildman–Crippen LogP) is 3.41. The van der Waals surface area contributed by atoms with Crippen LogP contribution in [-0.4, -0.2) is 22.6 Å². The van der Waals surface area contributed by atoms with E-state index in [-0.39, 0.29) is 11.9 Å². The van der Waals surface area contributed by atoms with Crippen molar-refractivity contribution in [1.82, 2.24) is 14.9 Å². The van der Waals surface area contributed by atoms with Crippen molar-refractivity contribution in [3.8, 4) is 0 Å². The molecule has 1 aliphatic heterocycles. The van der Waals surface area contributed by atoms with Gasteiger partial charge in [-0.3, -0.25) is 0 Å². The molecule has 1 unspecified atom stereocenters. The average Bonchev–Trinajstić information content (AvgIpc) is 2.99. The Balaban J connectivity index is 1.89. The fourth-order valence-corrected chi connectivity index (χ4v) is 3.10. The van der Waals surface area contributed by atoms with Crippen LogP contribution in [0.1, 0.15) is 48.5 Å². The second-order valence-electron chi connectivity index (χ2n) is 5.93. The minimum absolute atomic E-state index is 0.104. The number of nitrogens with zero attached hydrogens (tertiary/aromatic N) is 2. The molecule has 3 nitrogen and oxygen atoms in total. The fourth-order valence-electron chi connectivity index (χ4n) is 3.10. The van der Waals surface area contributed by atoms with Gasteiger partial charge in [-0.1, -0.05) is 12.1 Å². The Labute approximate surface area is 125 Å². The minimum atomic E-state index is -0.136. The SMILES string of the molecule is Cc1ccc(C(C)n2cncc2C2CCNCC2)cc1F. The number of hydrogen-bond acceptors (Lipinski definition) is 2. The number of halogens is 1. The molecule has 0 saturated carbocycles. The number of rotatable bonds is 3. The van der Waals surface area contributed by atoms with E-state index >= 15 is 0 Å². The third-order valence-electron chi connectivity index (χ3n) is 4.55. The number of imidazole rings is 1. The molecule has 1 saturated heterocycles. The molecule has 1 aromatic carbocycles. The smallest absolute Gasteiger partial charge is 0.126 e. The highest BCUT2D eigenvalue weighted by atomic mass is 19.1. The summed E-state index contributed by atoms with van der Waals surface area (Å²) in [7, 11) is 0. The first-order chi connectivity index (χ1) is 10.2. The summed E-state index contributed by atoms with van der Waals surface area (Å²) in [5.41, 5.74) is 2.95. The predicted molar refractivity (Wildman–Crippen MR) is 82.0 cm³/mol. The molecule has 1 aliphatic rings. The van der Waals surface area contributed by atoms with Crippen molar-refractivity contribution in [1.29, 1.82) is 0 Å². The lowest BCUT2D eigenvalue weighted by Crippen LogP contribution is -2.28. The van der Waals surface area contributed by atoms with Gasteiger partial charge in [-0.25, -0.2) is 9.37 Å². The highest BCUT2D eigenvalue weighted by Crippen LogP contribution is 2.29. The van der Waals surface area contributed by atoms with E-state index < -0.39 is 0 Å². The standard InChI is InChI=1S/C17H22FN3/c1-12-3-4-15(9-16(12)18)13(2)21-11-20-10-17(21)14-5-7-19-8-6-14/h3-4,9-11,13-14,19H,5-8H2,1-2H3. The molecule has 4 heteroatoms. The van der Waals surface area contributed by atoms with Gasteiger partial charge in [0, 0.05) is 17.8 Å². The quantitative estimate of drug-likeness (QED) is 0.937. The largest absolute Gasteiger partial charge is 0.327 e. The van der Waals surface area contributed by atoms with Crippen LogP contribution >= 0.6 is 0 Å². The first kappa shape index (κ1) is 14.3. The summed E-state index contributed by atoms with van der Waals surface area (Å²) in [5, 5.41) is 3.39. The first-order valence-corrected chi connectivity index (χ1v) is 7.65. The molecule has 0 amide bonds. The molecule has 2 aromatic rings. The number of aromatic nitrogens is 2. The number of hydrogen-bond donors (Lipinski definition) is 1. The summed E-state index contributed by atoms with van der Waals surface area (Å²) < 4.78 is 16.0. The molecule has 1 aromatic heterocycles. The van der Waals surface area contributed by atoms with Gasteiger partial charge in [0.2, 0.25) is 0 Å². The highest BCUT2D eigenvalue weighted by Gasteiger charge is 2.21. The molecule has 112 valence electrons. The molecule has 0 radical (unpaired) electrons. The van der Waals surface area contributed by atoms with E-state index in [2.05, 4.69) is 21.8 Å². The molecular formula is C17H22FN3. The van der Waals surface area contributed by atoms with Crippen LogP contribution in [0.3, 0.4) is 0 Å². The molecule has 21 heavy (non-hydrogen) atoms. The van der Waals surface area contributed by atoms with Gasteiger partial charge < -0.3 is 9.88 Å². The molecule has 2 heterocycles. The van der Waals surface area contributed by atoms with Crippen LogP contribution in [0.5, 0.6) is 0 Å². The number of aryl methyl sites for hydroxylation is 1. The van der Waals surface area contributed by atoms with Crippen molar-refractivity contribution < 1.29 is 4.39 Å². The molecular weight excluding hydrogens is 265 g/mol. The van der Waals surface area contributed by atoms with E-state index in [0.29, 0.717) is 11.5 Å². The third kappa shape index (κ3) is 2.86. The zero-order valence-corrected chi connectivity index (χ0v) is 12.6. The summed E-state index contributed by atoms with van der Waals surface area (Å²) in [6.45, 7) is 6.02. The van der Waals surface area contributed by atoms with Crippen molar-refractivity contribution in [3.05, 3.63) is 53.4 Å². The Hall–Kier alpha value is -1.68. The van der Waals surface area contributed by atoms with Gasteiger partial charge in [0.05, 0.1) is 12.4 Å². The van der Waals surface area contributed by atoms with E-state index in [1.807, 2.05) is 24.7 Å². The van der Waals surface area contributed by atoms with Crippen LogP contribution in [0.2, 0.25) is 0 Å². The monoisotopic (exact) mass is 287 g/mol. The number of nitrogens with one attached hydrogen (secondary N) is 1. The van der Waals surface area contributed by atoms with Crippen LogP contribution in [-0.2, 0) is 0 Å². The normalized spacial score (nSPS) is 17.9. The van der Waals surface area contributed by atoms with Crippen molar-refractivity contribution in [2.45, 2.75) is 38.6 Å². The summed E-state index contributed by atoms with van der Waals surface area (Å²) in [5.74, 6) is 0.411. The van der Waals surface area contributed by atoms with Crippen LogP contribution in [0.15, 0.2) is 30.7 Å². The van der Waals surface area contributed by atoms with Crippen LogP contribution in [0, 0.1) is 12.7 Å². The van der Waals surface area contributed by atoms with Crippen LogP contribution in [0.4, 0.5) is 4.39 Å². The summed E-state index contributed by atoms with van der Waals surface area (Å²) in [6.07, 6.45) is 6.12. The van der Waals surface area contributed by atoms with E-state index in [4.69, 9.17) is 0 Å². The van der Waals surface area contributed by atoms with E-state index in [0.717, 1.165) is 31.5 Å². The van der Waals surface area contributed by atoms with Gasteiger partial charge in [0.25, 0.3) is 0 Å². The Kier molecular flexibility index (Phi) is 4.06. The van der Waals surface area contributed by atoms with Crippen molar-refractivity contribution in [2.75, 3.05) is 13.1 Å². The summed E-state index contributed by atoms with van der Waals surface area (Å²) >= 11 is 0. The van der Waals surface area contributed by atoms with Gasteiger partial charge in [-0.2, -0.15) is 0 Å². The molecule has 1 fully saturated rings. The Morgan fingerprint density at radius 3 is 2.81 bits per heavy atom. The van der Waals surface area contributed by atoms with Crippen LogP contribution < -0.4 is 5.32 Å². The van der Waals surface area contributed by atoms with E-state index in [1.54, 1.807) is 13.0 Å². The maximum atomic E-state index is 13.8. The second kappa shape index (κ2) is 5.98. The second-order valence-corrected chi connectivity index (χ2v) is 5.93. The lowest BCUT2D eigenvalue weighted by Gasteiger charge is -2.26. The molecule has 1 atom stereocenters. The maximum absolute atomic E-state index is 13.8. The maximum Gasteiger partial charge on any atom is 0.126 e. The third-order valence-corrected chi connectivity index (χ3v) is 4.55. The van der Waals surface area contributed by atoms with Gasteiger partial charge in [-0.05, 0) is 57.0 Å². The lowest BCUT2D eigenvalue weighted by atomic mass is 9.94. The van der Waals surface area contributed by atoms with E-state index in [1.165, 1.54) is 5.69 Å². The zero-order valence-electron chi connectivity index (χ0n) is 12.6. The minimum Gasteiger partial charge on any atom is -0.327 e. The van der Waals surface area contributed by atoms with Gasteiger partial charge in [-0.15, -0.1) is 0 Å². The Morgan fingerprint density at radius 2 is 2.10 bits per heavy atom. The van der Waals surface area contributed by atoms with Crippen molar-refractivity contribution in [2.24, 2.45) is 0 Å². The number of benzene rings is 1. The van der Waals surface area contributed by atoms with Gasteiger partial charge >= 0.3 is 0 Å². The average molecular weight is 287 g/mol. The van der Waals surface area contributed by atoms with Gasteiger partial charge in [0.1, 0.15) is 5.82 Å². The molecule has 0 bridgehead atoms. The number of piperidine rings is 1. The van der Waals surface area contributed by atoms with E-state index in [9.17, 15) is 4.39 Å². The summed E-state index contributed by atoms with van der Waals surface area (Å²) in [6, 6.07) is 5.61. The Morgan fingerprint density at radius 1 is 1.33 bits per heavy atom. The Bertz CT molecular complexity index is 614. The lowest BCUT2D eigenvalue weighted by molar-refractivity contribution is 0.433. The van der Waals surface area contributed by atoms with Crippen LogP contribution in [0.25, 0.3) is 0 Å². The highest BCUT2D eigenvalue weighted by molar-refractivity contribution is 5.27. The van der Waals surface area contributed by atoms with Crippen molar-refractivity contribution in [3.63, 3.8) is 0 Å². The molecule has 1 N–H and O–H groups in total. The first-order valence-electron chi connectivity index (χ1n) is 7.65. The fraction of sp³-hybridized carbons (Fsp3) is 0.471. The summed E-state index contributed by atoms with van der Waals surface area (Å²) in [4.78, 5) is 4.33. The van der Waals surface area contributed by atoms with Gasteiger partial charge in [0.15, 0.2) is 0 Å². The molecule has 0 aliphatic carbocycles. The molecule has 0 spiro atoms. The van der Waals surface area contributed by atoms with Crippen molar-refractivity contribution >= 4 is 0 Å².